The molecule has 2 rings (SSSR count). The van der Waals surface area contributed by atoms with E-state index in [-0.39, 0.29) is 12.2 Å². The number of nitrogens with zero attached hydrogens (tertiary/aromatic N) is 3. The molecule has 16 heavy (non-hydrogen) atoms. The van der Waals surface area contributed by atoms with E-state index >= 15 is 0 Å². The van der Waals surface area contributed by atoms with Gasteiger partial charge in [-0.2, -0.15) is 0 Å². The van der Waals surface area contributed by atoms with Crippen LogP contribution in [0.1, 0.15) is 6.42 Å². The van der Waals surface area contributed by atoms with Gasteiger partial charge in [0.05, 0.1) is 0 Å². The number of hydrogen-bond acceptors (Lipinski definition) is 4. The maximum Gasteiger partial charge on any atom is 0.339 e. The Morgan fingerprint density at radius 1 is 1.19 bits per heavy atom. The van der Waals surface area contributed by atoms with Gasteiger partial charge in [-0.15, -0.1) is 0 Å². The number of urea groups is 1. The standard InChI is InChI=1S/C10H9N3O3/c1-12-8(14)6-9(15)13(10(12)16)7-4-2-3-5-11-7/h2-5H,6H2,1H3. The lowest BCUT2D eigenvalue weighted by Gasteiger charge is -2.29. The average Bonchev–Trinajstić information content (AvgIpc) is 2.28. The number of rotatable bonds is 1. The number of carbonyl (C=O) groups excluding carboxylic acids is 3. The van der Waals surface area contributed by atoms with Crippen molar-refractivity contribution in [2.24, 2.45) is 0 Å². The number of carbonyl (C=O) groups is 3. The van der Waals surface area contributed by atoms with E-state index in [1.807, 2.05) is 0 Å². The van der Waals surface area contributed by atoms with Crippen LogP contribution in [0, 0.1) is 0 Å². The second-order valence-corrected chi connectivity index (χ2v) is 3.33. The first-order valence-electron chi connectivity index (χ1n) is 4.66. The summed E-state index contributed by atoms with van der Waals surface area (Å²) in [5.74, 6) is -0.814. The molecule has 82 valence electrons. The molecular weight excluding hydrogens is 210 g/mol. The molecule has 0 bridgehead atoms. The third-order valence-electron chi connectivity index (χ3n) is 2.28. The molecule has 4 amide bonds. The van der Waals surface area contributed by atoms with E-state index in [1.165, 1.54) is 13.2 Å². The number of barbiturate groups is 1. The van der Waals surface area contributed by atoms with Crippen LogP contribution < -0.4 is 4.90 Å². The Morgan fingerprint density at radius 2 is 1.94 bits per heavy atom. The Labute approximate surface area is 91.5 Å². The van der Waals surface area contributed by atoms with Crippen LogP contribution in [-0.2, 0) is 9.59 Å². The summed E-state index contributed by atoms with van der Waals surface area (Å²) in [5.41, 5.74) is 0. The number of hydrogen-bond donors (Lipinski definition) is 0. The highest BCUT2D eigenvalue weighted by Gasteiger charge is 2.37. The molecule has 2 heterocycles. The van der Waals surface area contributed by atoms with Gasteiger partial charge >= 0.3 is 6.03 Å². The van der Waals surface area contributed by atoms with Gasteiger partial charge in [-0.05, 0) is 12.1 Å². The molecule has 0 saturated carbocycles. The highest BCUT2D eigenvalue weighted by molar-refractivity contribution is 6.25. The molecule has 1 aromatic rings. The van der Waals surface area contributed by atoms with Gasteiger partial charge in [-0.25, -0.2) is 14.7 Å². The van der Waals surface area contributed by atoms with E-state index in [9.17, 15) is 14.4 Å². The third-order valence-corrected chi connectivity index (χ3v) is 2.28. The number of pyridine rings is 1. The maximum atomic E-state index is 11.7. The molecule has 0 spiro atoms. The van der Waals surface area contributed by atoms with Gasteiger partial charge in [0.1, 0.15) is 12.2 Å². The van der Waals surface area contributed by atoms with Crippen LogP contribution in [0.4, 0.5) is 10.6 Å². The Balaban J connectivity index is 2.38. The van der Waals surface area contributed by atoms with E-state index in [1.54, 1.807) is 18.2 Å². The van der Waals surface area contributed by atoms with Crippen LogP contribution in [0.5, 0.6) is 0 Å². The Morgan fingerprint density at radius 3 is 2.56 bits per heavy atom. The Bertz CT molecular complexity index is 458. The lowest BCUT2D eigenvalue weighted by Crippen LogP contribution is -2.53. The van der Waals surface area contributed by atoms with Crippen LogP contribution in [0.25, 0.3) is 0 Å². The van der Waals surface area contributed by atoms with E-state index in [0.717, 1.165) is 9.80 Å². The Kier molecular flexibility index (Phi) is 2.40. The van der Waals surface area contributed by atoms with Crippen molar-refractivity contribution in [1.29, 1.82) is 0 Å². The molecule has 6 nitrogen and oxygen atoms in total. The van der Waals surface area contributed by atoms with Crippen molar-refractivity contribution in [3.8, 4) is 0 Å². The van der Waals surface area contributed by atoms with Crippen LogP contribution in [0.3, 0.4) is 0 Å². The maximum absolute atomic E-state index is 11.7. The molecule has 0 aliphatic carbocycles. The largest absolute Gasteiger partial charge is 0.339 e. The van der Waals surface area contributed by atoms with Crippen molar-refractivity contribution in [3.63, 3.8) is 0 Å². The van der Waals surface area contributed by atoms with Gasteiger partial charge in [0, 0.05) is 13.2 Å². The fraction of sp³-hybridized carbons (Fsp3) is 0.200. The van der Waals surface area contributed by atoms with Gasteiger partial charge in [0.15, 0.2) is 0 Å². The Hall–Kier alpha value is -2.24. The number of imide groups is 2. The van der Waals surface area contributed by atoms with E-state index in [0.29, 0.717) is 0 Å². The summed E-state index contributed by atoms with van der Waals surface area (Å²) in [6, 6.07) is 4.22. The van der Waals surface area contributed by atoms with Crippen LogP contribution >= 0.6 is 0 Å². The predicted molar refractivity (Wildman–Crippen MR) is 54.5 cm³/mol. The summed E-state index contributed by atoms with van der Waals surface area (Å²) in [6.45, 7) is 0. The SMILES string of the molecule is CN1C(=O)CC(=O)N(c2ccccn2)C1=O. The zero-order chi connectivity index (χ0) is 11.7. The van der Waals surface area contributed by atoms with Crippen molar-refractivity contribution in [1.82, 2.24) is 9.88 Å². The fourth-order valence-electron chi connectivity index (χ4n) is 1.40. The van der Waals surface area contributed by atoms with E-state index in [2.05, 4.69) is 4.98 Å². The summed E-state index contributed by atoms with van der Waals surface area (Å²) >= 11 is 0. The number of anilines is 1. The summed E-state index contributed by atoms with van der Waals surface area (Å²) in [5, 5.41) is 0. The van der Waals surface area contributed by atoms with Gasteiger partial charge in [0.25, 0.3) is 0 Å². The molecule has 0 N–H and O–H groups in total. The van der Waals surface area contributed by atoms with Gasteiger partial charge in [-0.1, -0.05) is 6.07 Å². The van der Waals surface area contributed by atoms with E-state index < -0.39 is 17.8 Å². The molecule has 1 aliphatic rings. The highest BCUT2D eigenvalue weighted by Crippen LogP contribution is 2.17. The van der Waals surface area contributed by atoms with Crippen molar-refractivity contribution in [3.05, 3.63) is 24.4 Å². The average molecular weight is 219 g/mol. The highest BCUT2D eigenvalue weighted by atomic mass is 16.2. The first-order valence-corrected chi connectivity index (χ1v) is 4.66. The van der Waals surface area contributed by atoms with Crippen LogP contribution in [0.15, 0.2) is 24.4 Å². The predicted octanol–water partition coefficient (Wildman–Crippen LogP) is 0.397. The first-order chi connectivity index (χ1) is 7.61. The molecule has 6 heteroatoms. The molecular formula is C10H9N3O3. The van der Waals surface area contributed by atoms with Crippen molar-refractivity contribution in [2.45, 2.75) is 6.42 Å². The lowest BCUT2D eigenvalue weighted by atomic mass is 10.2. The third kappa shape index (κ3) is 1.54. The molecule has 1 fully saturated rings. The molecule has 1 aliphatic heterocycles. The molecule has 0 unspecified atom stereocenters. The van der Waals surface area contributed by atoms with Gasteiger partial charge in [0.2, 0.25) is 11.8 Å². The molecule has 0 atom stereocenters. The van der Waals surface area contributed by atoms with Crippen LogP contribution in [-0.4, -0.2) is 34.8 Å². The smallest absolute Gasteiger partial charge is 0.274 e. The second kappa shape index (κ2) is 3.73. The minimum atomic E-state index is -0.667. The molecule has 1 saturated heterocycles. The quantitative estimate of drug-likeness (QED) is 0.641. The molecule has 0 radical (unpaired) electrons. The van der Waals surface area contributed by atoms with Crippen LogP contribution in [0.2, 0.25) is 0 Å². The second-order valence-electron chi connectivity index (χ2n) is 3.33. The minimum Gasteiger partial charge on any atom is -0.274 e. The topological polar surface area (TPSA) is 70.6 Å². The van der Waals surface area contributed by atoms with Gasteiger partial charge in [-0.3, -0.25) is 14.5 Å². The summed E-state index contributed by atoms with van der Waals surface area (Å²) < 4.78 is 0. The zero-order valence-electron chi connectivity index (χ0n) is 8.58. The summed E-state index contributed by atoms with van der Waals surface area (Å²) in [4.78, 5) is 40.3. The van der Waals surface area contributed by atoms with E-state index in [4.69, 9.17) is 0 Å². The van der Waals surface area contributed by atoms with Crippen molar-refractivity contribution >= 4 is 23.7 Å². The monoisotopic (exact) mass is 219 g/mol. The summed E-state index contributed by atoms with van der Waals surface area (Å²) in [6.07, 6.45) is 1.17. The molecule has 1 aromatic heterocycles. The first kappa shape index (κ1) is 10.3. The number of amides is 4. The normalized spacial score (nSPS) is 16.9. The zero-order valence-corrected chi connectivity index (χ0v) is 8.58. The van der Waals surface area contributed by atoms with Gasteiger partial charge < -0.3 is 0 Å². The fourth-order valence-corrected chi connectivity index (χ4v) is 1.40. The molecule has 0 aromatic carbocycles. The lowest BCUT2D eigenvalue weighted by molar-refractivity contribution is -0.134. The van der Waals surface area contributed by atoms with Crippen molar-refractivity contribution < 1.29 is 14.4 Å². The number of aromatic nitrogens is 1. The summed E-state index contributed by atoms with van der Waals surface area (Å²) in [7, 11) is 1.34. The minimum absolute atomic E-state index is 0.233. The van der Waals surface area contributed by atoms with Crippen molar-refractivity contribution in [2.75, 3.05) is 11.9 Å².